The van der Waals surface area contributed by atoms with Crippen molar-refractivity contribution < 1.29 is 9.90 Å². The van der Waals surface area contributed by atoms with Crippen LogP contribution < -0.4 is 0 Å². The highest BCUT2D eigenvalue weighted by Crippen LogP contribution is 2.29. The molecule has 0 atom stereocenters. The fourth-order valence-electron chi connectivity index (χ4n) is 0.850. The predicted molar refractivity (Wildman–Crippen MR) is 52.6 cm³/mol. The molecule has 1 aromatic rings. The number of hydrogen-bond acceptors (Lipinski definition) is 3. The van der Waals surface area contributed by atoms with Crippen LogP contribution in [0.5, 0.6) is 0 Å². The number of carboxylic acids is 1. The van der Waals surface area contributed by atoms with Crippen molar-refractivity contribution in [1.29, 1.82) is 0 Å². The van der Waals surface area contributed by atoms with Crippen LogP contribution in [0.2, 0.25) is 4.34 Å². The van der Waals surface area contributed by atoms with Crippen molar-refractivity contribution in [2.45, 2.75) is 26.2 Å². The maximum absolute atomic E-state index is 10.4. The second-order valence-electron chi connectivity index (χ2n) is 3.00. The van der Waals surface area contributed by atoms with Crippen molar-refractivity contribution in [3.8, 4) is 0 Å². The van der Waals surface area contributed by atoms with Crippen molar-refractivity contribution in [2.75, 3.05) is 0 Å². The topological polar surface area (TPSA) is 50.2 Å². The number of carboxylic acid groups (broad SMARTS) is 1. The van der Waals surface area contributed by atoms with Gasteiger partial charge in [0.05, 0.1) is 17.1 Å². The third-order valence-electron chi connectivity index (χ3n) is 1.48. The molecule has 0 spiro atoms. The van der Waals surface area contributed by atoms with Crippen molar-refractivity contribution in [3.05, 3.63) is 15.0 Å². The Labute approximate surface area is 85.4 Å². The highest BCUT2D eigenvalue weighted by atomic mass is 35.5. The van der Waals surface area contributed by atoms with Gasteiger partial charge in [-0.15, -0.1) is 11.3 Å². The van der Waals surface area contributed by atoms with Gasteiger partial charge in [-0.3, -0.25) is 4.79 Å². The summed E-state index contributed by atoms with van der Waals surface area (Å²) in [6, 6.07) is 0. The van der Waals surface area contributed by atoms with E-state index in [9.17, 15) is 4.79 Å². The molecule has 0 radical (unpaired) electrons. The molecule has 5 heteroatoms. The summed E-state index contributed by atoms with van der Waals surface area (Å²) in [5, 5.41) is 9.44. The monoisotopic (exact) mass is 219 g/mol. The zero-order valence-electron chi connectivity index (χ0n) is 7.37. The van der Waals surface area contributed by atoms with Gasteiger partial charge in [0.2, 0.25) is 0 Å². The van der Waals surface area contributed by atoms with Gasteiger partial charge in [-0.1, -0.05) is 25.4 Å². The Morgan fingerprint density at radius 2 is 2.31 bits per heavy atom. The van der Waals surface area contributed by atoms with Crippen LogP contribution in [0.3, 0.4) is 0 Å². The van der Waals surface area contributed by atoms with Crippen LogP contribution in [0, 0.1) is 0 Å². The molecular weight excluding hydrogens is 210 g/mol. The first-order valence-electron chi connectivity index (χ1n) is 3.87. The average molecular weight is 220 g/mol. The molecular formula is C8H10ClNO2S. The molecule has 0 fully saturated rings. The van der Waals surface area contributed by atoms with Crippen LogP contribution in [-0.4, -0.2) is 16.1 Å². The van der Waals surface area contributed by atoms with E-state index < -0.39 is 5.97 Å². The summed E-state index contributed by atoms with van der Waals surface area (Å²) in [5.41, 5.74) is 0.475. The lowest BCUT2D eigenvalue weighted by Gasteiger charge is -1.95. The summed E-state index contributed by atoms with van der Waals surface area (Å²) in [6.45, 7) is 4.00. The number of hydrogen-bond donors (Lipinski definition) is 1. The molecule has 0 bridgehead atoms. The third kappa shape index (κ3) is 2.67. The molecule has 0 unspecified atom stereocenters. The summed E-state index contributed by atoms with van der Waals surface area (Å²) in [5.74, 6) is -0.604. The van der Waals surface area contributed by atoms with Crippen molar-refractivity contribution in [1.82, 2.24) is 4.98 Å². The Kier molecular flexibility index (Phi) is 3.27. The van der Waals surface area contributed by atoms with Gasteiger partial charge in [-0.05, 0) is 0 Å². The lowest BCUT2D eigenvalue weighted by molar-refractivity contribution is -0.136. The van der Waals surface area contributed by atoms with Gasteiger partial charge in [-0.2, -0.15) is 0 Å². The third-order valence-corrected chi connectivity index (χ3v) is 3.12. The zero-order valence-corrected chi connectivity index (χ0v) is 8.95. The molecule has 1 heterocycles. The van der Waals surface area contributed by atoms with Crippen molar-refractivity contribution in [2.24, 2.45) is 0 Å². The van der Waals surface area contributed by atoms with Gasteiger partial charge in [-0.25, -0.2) is 4.98 Å². The van der Waals surface area contributed by atoms with Gasteiger partial charge >= 0.3 is 5.97 Å². The minimum Gasteiger partial charge on any atom is -0.481 e. The van der Waals surface area contributed by atoms with E-state index in [1.54, 1.807) is 0 Å². The number of carbonyl (C=O) groups is 1. The van der Waals surface area contributed by atoms with E-state index in [-0.39, 0.29) is 6.42 Å². The standard InChI is InChI=1S/C8H10ClNO2S/c1-4(2)8-10-5(3-6(11)12)7(9)13-8/h4H,3H2,1-2H3,(H,11,12). The van der Waals surface area contributed by atoms with Gasteiger partial charge < -0.3 is 5.11 Å². The van der Waals surface area contributed by atoms with E-state index in [0.29, 0.717) is 15.9 Å². The average Bonchev–Trinajstić information content (AvgIpc) is 2.31. The SMILES string of the molecule is CC(C)c1nc(CC(=O)O)c(Cl)s1. The van der Waals surface area contributed by atoms with Gasteiger partial charge in [0, 0.05) is 5.92 Å². The van der Waals surface area contributed by atoms with Crippen molar-refractivity contribution in [3.63, 3.8) is 0 Å². The molecule has 0 aromatic carbocycles. The van der Waals surface area contributed by atoms with Gasteiger partial charge in [0.25, 0.3) is 0 Å². The molecule has 3 nitrogen and oxygen atoms in total. The Bertz CT molecular complexity index is 322. The van der Waals surface area contributed by atoms with Gasteiger partial charge in [0.15, 0.2) is 0 Å². The van der Waals surface area contributed by atoms with E-state index in [4.69, 9.17) is 16.7 Å². The van der Waals surface area contributed by atoms with E-state index in [0.717, 1.165) is 5.01 Å². The lowest BCUT2D eigenvalue weighted by Crippen LogP contribution is -2.01. The van der Waals surface area contributed by atoms with E-state index in [1.165, 1.54) is 11.3 Å². The first-order chi connectivity index (χ1) is 6.00. The summed E-state index contributed by atoms with van der Waals surface area (Å²) < 4.78 is 0.492. The highest BCUT2D eigenvalue weighted by molar-refractivity contribution is 7.16. The zero-order chi connectivity index (χ0) is 10.0. The van der Waals surface area contributed by atoms with Crippen LogP contribution in [0.25, 0.3) is 0 Å². The Balaban J connectivity index is 2.89. The second kappa shape index (κ2) is 4.07. The van der Waals surface area contributed by atoms with Crippen LogP contribution in [0.4, 0.5) is 0 Å². The molecule has 0 aliphatic rings. The number of rotatable bonds is 3. The number of thiazole rings is 1. The Morgan fingerprint density at radius 3 is 2.69 bits per heavy atom. The maximum Gasteiger partial charge on any atom is 0.309 e. The van der Waals surface area contributed by atoms with Crippen LogP contribution in [-0.2, 0) is 11.2 Å². The minimum absolute atomic E-state index is 0.0952. The summed E-state index contributed by atoms with van der Waals surface area (Å²) in [7, 11) is 0. The van der Waals surface area contributed by atoms with Gasteiger partial charge in [0.1, 0.15) is 4.34 Å². The van der Waals surface area contributed by atoms with Crippen molar-refractivity contribution >= 4 is 28.9 Å². The quantitative estimate of drug-likeness (QED) is 0.850. The highest BCUT2D eigenvalue weighted by Gasteiger charge is 2.13. The van der Waals surface area contributed by atoms with Crippen LogP contribution in [0.15, 0.2) is 0 Å². The molecule has 0 saturated carbocycles. The molecule has 1 N–H and O–H groups in total. The smallest absolute Gasteiger partial charge is 0.309 e. The summed E-state index contributed by atoms with van der Waals surface area (Å²) >= 11 is 7.18. The molecule has 1 aromatic heterocycles. The Morgan fingerprint density at radius 1 is 1.69 bits per heavy atom. The Hall–Kier alpha value is -0.610. The molecule has 72 valence electrons. The number of nitrogens with zero attached hydrogens (tertiary/aromatic N) is 1. The summed E-state index contributed by atoms with van der Waals surface area (Å²) in [4.78, 5) is 14.6. The van der Waals surface area contributed by atoms with Crippen LogP contribution >= 0.6 is 22.9 Å². The first-order valence-corrected chi connectivity index (χ1v) is 5.07. The fraction of sp³-hybridized carbons (Fsp3) is 0.500. The largest absolute Gasteiger partial charge is 0.481 e. The fourth-order valence-corrected chi connectivity index (χ4v) is 2.01. The summed E-state index contributed by atoms with van der Waals surface area (Å²) in [6.07, 6.45) is -0.0952. The number of aromatic nitrogens is 1. The molecule has 1 rings (SSSR count). The molecule has 0 aliphatic carbocycles. The first kappa shape index (κ1) is 10.5. The molecule has 0 saturated heterocycles. The maximum atomic E-state index is 10.4. The molecule has 0 amide bonds. The molecule has 13 heavy (non-hydrogen) atoms. The molecule has 0 aliphatic heterocycles. The number of halogens is 1. The van der Waals surface area contributed by atoms with Crippen LogP contribution in [0.1, 0.15) is 30.5 Å². The normalized spacial score (nSPS) is 10.8. The van der Waals surface area contributed by atoms with E-state index in [2.05, 4.69) is 4.98 Å². The number of aliphatic carboxylic acids is 1. The minimum atomic E-state index is -0.900. The lowest BCUT2D eigenvalue weighted by atomic mass is 10.2. The predicted octanol–water partition coefficient (Wildman–Crippen LogP) is 2.55. The second-order valence-corrected chi connectivity index (χ2v) is 4.63. The van der Waals surface area contributed by atoms with E-state index in [1.807, 2.05) is 13.8 Å². The van der Waals surface area contributed by atoms with E-state index >= 15 is 0 Å².